The first-order valence-electron chi connectivity index (χ1n) is 7.48. The lowest BCUT2D eigenvalue weighted by Crippen LogP contribution is -2.07. The fourth-order valence-electron chi connectivity index (χ4n) is 2.16. The van der Waals surface area contributed by atoms with E-state index in [1.807, 2.05) is 36.6 Å². The molecule has 3 nitrogen and oxygen atoms in total. The van der Waals surface area contributed by atoms with E-state index >= 15 is 0 Å². The van der Waals surface area contributed by atoms with Crippen molar-refractivity contribution in [3.8, 4) is 11.3 Å². The fourth-order valence-corrected chi connectivity index (χ4v) is 3.11. The number of anilines is 1. The number of hydrogen-bond donors (Lipinski definition) is 1. The molecule has 25 heavy (non-hydrogen) atoms. The Morgan fingerprint density at radius 3 is 2.72 bits per heavy atom. The van der Waals surface area contributed by atoms with Crippen LogP contribution in [0.1, 0.15) is 11.1 Å². The minimum Gasteiger partial charge on any atom is -0.298 e. The average molecular weight is 373 g/mol. The Kier molecular flexibility index (Phi) is 5.26. The van der Waals surface area contributed by atoms with Crippen molar-refractivity contribution in [2.75, 3.05) is 5.32 Å². The van der Waals surface area contributed by atoms with E-state index in [-0.39, 0.29) is 10.6 Å². The van der Waals surface area contributed by atoms with E-state index in [0.29, 0.717) is 5.13 Å². The number of carbonyl (C=O) groups is 1. The number of carbonyl (C=O) groups excluding carboxylic acids is 1. The van der Waals surface area contributed by atoms with Crippen molar-refractivity contribution >= 4 is 40.1 Å². The molecule has 1 heterocycles. The van der Waals surface area contributed by atoms with Crippen LogP contribution in [0.25, 0.3) is 17.3 Å². The van der Waals surface area contributed by atoms with E-state index in [1.165, 1.54) is 41.2 Å². The van der Waals surface area contributed by atoms with E-state index in [2.05, 4.69) is 10.3 Å². The van der Waals surface area contributed by atoms with E-state index < -0.39 is 11.7 Å². The second-order valence-electron chi connectivity index (χ2n) is 5.36. The van der Waals surface area contributed by atoms with Gasteiger partial charge in [-0.3, -0.25) is 10.1 Å². The van der Waals surface area contributed by atoms with Gasteiger partial charge in [0.1, 0.15) is 5.82 Å². The molecule has 0 saturated heterocycles. The molecule has 2 aromatic carbocycles. The maximum atomic E-state index is 13.7. The quantitative estimate of drug-likeness (QED) is 0.609. The standard InChI is InChI=1S/C19H14ClFN2OS/c1-12-5-7-13(8-6-12)17-11-25-19(22-17)23-18(24)10-9-14-15(20)3-2-4-16(14)21/h2-11H,1H3,(H,22,23,24)/b10-9+. The number of nitrogens with zero attached hydrogens (tertiary/aromatic N) is 1. The molecule has 1 amide bonds. The smallest absolute Gasteiger partial charge is 0.250 e. The number of aromatic nitrogens is 1. The van der Waals surface area contributed by atoms with Crippen LogP contribution >= 0.6 is 22.9 Å². The summed E-state index contributed by atoms with van der Waals surface area (Å²) in [5, 5.41) is 5.27. The molecule has 0 radical (unpaired) electrons. The Morgan fingerprint density at radius 1 is 1.24 bits per heavy atom. The summed E-state index contributed by atoms with van der Waals surface area (Å²) in [7, 11) is 0. The summed E-state index contributed by atoms with van der Waals surface area (Å²) in [6.45, 7) is 2.02. The van der Waals surface area contributed by atoms with E-state index in [9.17, 15) is 9.18 Å². The van der Waals surface area contributed by atoms with Gasteiger partial charge in [0.25, 0.3) is 0 Å². The van der Waals surface area contributed by atoms with Gasteiger partial charge in [-0.25, -0.2) is 9.37 Å². The first-order chi connectivity index (χ1) is 12.0. The van der Waals surface area contributed by atoms with Crippen molar-refractivity contribution in [2.45, 2.75) is 6.92 Å². The van der Waals surface area contributed by atoms with Gasteiger partial charge in [0.05, 0.1) is 10.7 Å². The first-order valence-corrected chi connectivity index (χ1v) is 8.74. The van der Waals surface area contributed by atoms with Gasteiger partial charge >= 0.3 is 0 Å². The molecule has 0 atom stereocenters. The molecule has 6 heteroatoms. The Bertz CT molecular complexity index is 915. The Hall–Kier alpha value is -2.50. The van der Waals surface area contributed by atoms with Crippen LogP contribution in [0.15, 0.2) is 53.9 Å². The van der Waals surface area contributed by atoms with Crippen LogP contribution in [0, 0.1) is 12.7 Å². The average Bonchev–Trinajstić information content (AvgIpc) is 3.03. The molecule has 1 N–H and O–H groups in total. The molecule has 3 rings (SSSR count). The minimum absolute atomic E-state index is 0.179. The number of hydrogen-bond acceptors (Lipinski definition) is 3. The molecule has 0 unspecified atom stereocenters. The lowest BCUT2D eigenvalue weighted by Gasteiger charge is -2.00. The number of thiazole rings is 1. The summed E-state index contributed by atoms with van der Waals surface area (Å²) >= 11 is 7.25. The number of amides is 1. The van der Waals surface area contributed by atoms with Crippen molar-refractivity contribution in [2.24, 2.45) is 0 Å². The zero-order chi connectivity index (χ0) is 17.8. The molecule has 0 saturated carbocycles. The fraction of sp³-hybridized carbons (Fsp3) is 0.0526. The molecule has 0 aliphatic rings. The molecule has 0 fully saturated rings. The SMILES string of the molecule is Cc1ccc(-c2csc(NC(=O)/C=C/c3c(F)cccc3Cl)n2)cc1. The van der Waals surface area contributed by atoms with Gasteiger partial charge in [0.2, 0.25) is 5.91 Å². The highest BCUT2D eigenvalue weighted by atomic mass is 35.5. The maximum Gasteiger partial charge on any atom is 0.250 e. The third-order valence-corrected chi connectivity index (χ3v) is 4.57. The van der Waals surface area contributed by atoms with Crippen LogP contribution in [-0.2, 0) is 4.79 Å². The van der Waals surface area contributed by atoms with Crippen LogP contribution in [0.3, 0.4) is 0 Å². The van der Waals surface area contributed by atoms with Gasteiger partial charge in [-0.1, -0.05) is 47.5 Å². The van der Waals surface area contributed by atoms with Crippen LogP contribution in [0.4, 0.5) is 9.52 Å². The number of halogens is 2. The molecule has 0 spiro atoms. The highest BCUT2D eigenvalue weighted by molar-refractivity contribution is 7.14. The van der Waals surface area contributed by atoms with Gasteiger partial charge in [-0.15, -0.1) is 11.3 Å². The molecule has 126 valence electrons. The maximum absolute atomic E-state index is 13.7. The Morgan fingerprint density at radius 2 is 2.00 bits per heavy atom. The summed E-state index contributed by atoms with van der Waals surface area (Å²) < 4.78 is 13.7. The van der Waals surface area contributed by atoms with Gasteiger partial charge in [-0.2, -0.15) is 0 Å². The summed E-state index contributed by atoms with van der Waals surface area (Å²) in [4.78, 5) is 16.4. The molecular formula is C19H14ClFN2OS. The predicted molar refractivity (Wildman–Crippen MR) is 101 cm³/mol. The lowest BCUT2D eigenvalue weighted by molar-refractivity contribution is -0.111. The number of aryl methyl sites for hydroxylation is 1. The van der Waals surface area contributed by atoms with Crippen LogP contribution in [-0.4, -0.2) is 10.9 Å². The number of rotatable bonds is 4. The molecule has 0 bridgehead atoms. The highest BCUT2D eigenvalue weighted by Gasteiger charge is 2.07. The summed E-state index contributed by atoms with van der Waals surface area (Å²) in [6, 6.07) is 12.3. The van der Waals surface area contributed by atoms with Gasteiger partial charge in [0.15, 0.2) is 5.13 Å². The Labute approximate surface area is 153 Å². The van der Waals surface area contributed by atoms with Crippen LogP contribution < -0.4 is 5.32 Å². The summed E-state index contributed by atoms with van der Waals surface area (Å²) in [5.74, 6) is -0.878. The molecule has 0 aliphatic carbocycles. The van der Waals surface area contributed by atoms with Gasteiger partial charge in [-0.05, 0) is 25.1 Å². The molecule has 0 aliphatic heterocycles. The zero-order valence-corrected chi connectivity index (χ0v) is 14.9. The van der Waals surface area contributed by atoms with Crippen LogP contribution in [0.2, 0.25) is 5.02 Å². The largest absolute Gasteiger partial charge is 0.298 e. The number of nitrogens with one attached hydrogen (secondary N) is 1. The van der Waals surface area contributed by atoms with E-state index in [4.69, 9.17) is 11.6 Å². The first kappa shape index (κ1) is 17.3. The zero-order valence-electron chi connectivity index (χ0n) is 13.3. The second kappa shape index (κ2) is 7.59. The van der Waals surface area contributed by atoms with E-state index in [0.717, 1.165) is 11.3 Å². The molecule has 1 aromatic heterocycles. The molecule has 3 aromatic rings. The second-order valence-corrected chi connectivity index (χ2v) is 6.63. The summed E-state index contributed by atoms with van der Waals surface area (Å²) in [5.41, 5.74) is 3.13. The summed E-state index contributed by atoms with van der Waals surface area (Å²) in [6.07, 6.45) is 2.58. The Balaban J connectivity index is 1.69. The van der Waals surface area contributed by atoms with Gasteiger partial charge in [0, 0.05) is 22.6 Å². The highest BCUT2D eigenvalue weighted by Crippen LogP contribution is 2.25. The van der Waals surface area contributed by atoms with Crippen LogP contribution in [0.5, 0.6) is 0 Å². The predicted octanol–water partition coefficient (Wildman–Crippen LogP) is 5.56. The molecular weight excluding hydrogens is 359 g/mol. The van der Waals surface area contributed by atoms with Gasteiger partial charge < -0.3 is 0 Å². The van der Waals surface area contributed by atoms with Crippen molar-refractivity contribution < 1.29 is 9.18 Å². The number of benzene rings is 2. The monoisotopic (exact) mass is 372 g/mol. The van der Waals surface area contributed by atoms with Crippen molar-refractivity contribution in [1.82, 2.24) is 4.98 Å². The third kappa shape index (κ3) is 4.32. The van der Waals surface area contributed by atoms with Crippen molar-refractivity contribution in [1.29, 1.82) is 0 Å². The normalized spacial score (nSPS) is 11.0. The van der Waals surface area contributed by atoms with E-state index in [1.54, 1.807) is 6.07 Å². The third-order valence-electron chi connectivity index (χ3n) is 3.48. The van der Waals surface area contributed by atoms with Crippen molar-refractivity contribution in [3.05, 3.63) is 75.9 Å². The van der Waals surface area contributed by atoms with Crippen molar-refractivity contribution in [3.63, 3.8) is 0 Å². The lowest BCUT2D eigenvalue weighted by atomic mass is 10.1. The topological polar surface area (TPSA) is 42.0 Å². The minimum atomic E-state index is -0.479.